The molecule has 0 radical (unpaired) electrons. The van der Waals surface area contributed by atoms with Crippen molar-refractivity contribution >= 4 is 17.7 Å². The molecule has 64 valence electrons. The van der Waals surface area contributed by atoms with Crippen molar-refractivity contribution in [2.24, 2.45) is 0 Å². The van der Waals surface area contributed by atoms with Gasteiger partial charge in [0.05, 0.1) is 11.5 Å². The minimum absolute atomic E-state index is 0.220. The Bertz CT molecular complexity index is 164. The summed E-state index contributed by atoms with van der Waals surface area (Å²) < 4.78 is 0. The average molecular weight is 180 g/mol. The minimum Gasteiger partial charge on any atom is -0.465 e. The van der Waals surface area contributed by atoms with Crippen LogP contribution < -0.4 is 0 Å². The van der Waals surface area contributed by atoms with Crippen LogP contribution in [-0.2, 0) is 0 Å². The summed E-state index contributed by atoms with van der Waals surface area (Å²) in [7, 11) is 0. The number of likely N-dealkylation sites (tertiary alicyclic amines) is 1. The Kier molecular flexibility index (Phi) is 2.57. The number of aliphatic hydroxyl groups is 1. The molecule has 2 atom stereocenters. The monoisotopic (exact) mass is 179 g/mol. The number of hydrogen-bond donors (Lipinski definition) is 2. The van der Waals surface area contributed by atoms with Crippen LogP contribution in [0.2, 0.25) is 0 Å². The summed E-state index contributed by atoms with van der Waals surface area (Å²) >= 11 is 5.65. The highest BCUT2D eigenvalue weighted by Gasteiger charge is 2.28. The predicted molar refractivity (Wildman–Crippen MR) is 39.9 cm³/mol. The molecule has 5 heteroatoms. The van der Waals surface area contributed by atoms with Crippen molar-refractivity contribution in [2.75, 3.05) is 13.1 Å². The molecule has 11 heavy (non-hydrogen) atoms. The van der Waals surface area contributed by atoms with Crippen molar-refractivity contribution in [2.45, 2.75) is 17.9 Å². The molecule has 2 unspecified atom stereocenters. The summed E-state index contributed by atoms with van der Waals surface area (Å²) in [5.41, 5.74) is 0. The fourth-order valence-corrected chi connectivity index (χ4v) is 1.36. The van der Waals surface area contributed by atoms with Crippen molar-refractivity contribution in [3.05, 3.63) is 0 Å². The first-order valence-electron chi connectivity index (χ1n) is 3.41. The largest absolute Gasteiger partial charge is 0.465 e. The lowest BCUT2D eigenvalue weighted by Crippen LogP contribution is -2.46. The van der Waals surface area contributed by atoms with Crippen molar-refractivity contribution in [1.29, 1.82) is 0 Å². The van der Waals surface area contributed by atoms with Crippen LogP contribution in [-0.4, -0.2) is 45.8 Å². The number of piperidine rings is 1. The normalized spacial score (nSPS) is 32.0. The Morgan fingerprint density at radius 3 is 2.73 bits per heavy atom. The van der Waals surface area contributed by atoms with Crippen LogP contribution in [0.5, 0.6) is 0 Å². The number of carbonyl (C=O) groups is 1. The highest BCUT2D eigenvalue weighted by atomic mass is 35.5. The Morgan fingerprint density at radius 1 is 1.64 bits per heavy atom. The van der Waals surface area contributed by atoms with Gasteiger partial charge in [-0.3, -0.25) is 0 Å². The Labute approximate surface area is 69.4 Å². The summed E-state index contributed by atoms with van der Waals surface area (Å²) in [5, 5.41) is 17.2. The van der Waals surface area contributed by atoms with Gasteiger partial charge in [-0.15, -0.1) is 11.6 Å². The Hall–Kier alpha value is -0.480. The van der Waals surface area contributed by atoms with Crippen LogP contribution in [0, 0.1) is 0 Å². The molecule has 1 aliphatic heterocycles. The number of hydrogen-bond acceptors (Lipinski definition) is 2. The molecule has 1 amide bonds. The van der Waals surface area contributed by atoms with E-state index in [-0.39, 0.29) is 6.54 Å². The van der Waals surface area contributed by atoms with Gasteiger partial charge in [0, 0.05) is 13.1 Å². The van der Waals surface area contributed by atoms with E-state index in [2.05, 4.69) is 0 Å². The smallest absolute Gasteiger partial charge is 0.407 e. The summed E-state index contributed by atoms with van der Waals surface area (Å²) in [6.45, 7) is 0.595. The maximum Gasteiger partial charge on any atom is 0.407 e. The van der Waals surface area contributed by atoms with Crippen molar-refractivity contribution < 1.29 is 15.0 Å². The highest BCUT2D eigenvalue weighted by Crippen LogP contribution is 2.15. The zero-order valence-electron chi connectivity index (χ0n) is 5.90. The van der Waals surface area contributed by atoms with Gasteiger partial charge in [-0.2, -0.15) is 0 Å². The van der Waals surface area contributed by atoms with Gasteiger partial charge >= 0.3 is 6.09 Å². The lowest BCUT2D eigenvalue weighted by atomic mass is 10.1. The van der Waals surface area contributed by atoms with Gasteiger partial charge in [-0.25, -0.2) is 4.79 Å². The zero-order chi connectivity index (χ0) is 8.43. The van der Waals surface area contributed by atoms with Crippen molar-refractivity contribution in [3.8, 4) is 0 Å². The van der Waals surface area contributed by atoms with E-state index in [9.17, 15) is 4.79 Å². The molecule has 0 bridgehead atoms. The number of halogens is 1. The fraction of sp³-hybridized carbons (Fsp3) is 0.833. The van der Waals surface area contributed by atoms with Crippen LogP contribution in [0.3, 0.4) is 0 Å². The summed E-state index contributed by atoms with van der Waals surface area (Å²) in [6, 6.07) is 0. The molecule has 1 fully saturated rings. The molecule has 0 aromatic heterocycles. The van der Waals surface area contributed by atoms with E-state index in [0.717, 1.165) is 0 Å². The standard InChI is InChI=1S/C6H10ClNO3/c7-4-3-8(6(10)11)2-1-5(4)9/h4-5,9H,1-3H2,(H,10,11). The first-order chi connectivity index (χ1) is 5.11. The third kappa shape index (κ3) is 1.97. The first-order valence-corrected chi connectivity index (χ1v) is 3.85. The van der Waals surface area contributed by atoms with E-state index in [0.29, 0.717) is 13.0 Å². The lowest BCUT2D eigenvalue weighted by Gasteiger charge is -2.30. The van der Waals surface area contributed by atoms with Crippen LogP contribution in [0.25, 0.3) is 0 Å². The van der Waals surface area contributed by atoms with E-state index in [4.69, 9.17) is 21.8 Å². The number of aliphatic hydroxyl groups excluding tert-OH is 1. The minimum atomic E-state index is -0.970. The maximum atomic E-state index is 10.4. The Morgan fingerprint density at radius 2 is 2.27 bits per heavy atom. The second-order valence-corrected chi connectivity index (χ2v) is 3.16. The van der Waals surface area contributed by atoms with Gasteiger partial charge in [-0.05, 0) is 6.42 Å². The zero-order valence-corrected chi connectivity index (χ0v) is 6.66. The fourth-order valence-electron chi connectivity index (χ4n) is 1.07. The molecule has 1 saturated heterocycles. The third-order valence-corrected chi connectivity index (χ3v) is 2.21. The number of amides is 1. The molecule has 0 spiro atoms. The lowest BCUT2D eigenvalue weighted by molar-refractivity contribution is 0.0801. The van der Waals surface area contributed by atoms with Crippen LogP contribution in [0.4, 0.5) is 4.79 Å². The second-order valence-electron chi connectivity index (χ2n) is 2.60. The van der Waals surface area contributed by atoms with Gasteiger partial charge in [0.25, 0.3) is 0 Å². The highest BCUT2D eigenvalue weighted by molar-refractivity contribution is 6.21. The van der Waals surface area contributed by atoms with E-state index in [1.54, 1.807) is 0 Å². The average Bonchev–Trinajstić information content (AvgIpc) is 1.94. The summed E-state index contributed by atoms with van der Waals surface area (Å²) in [4.78, 5) is 11.6. The maximum absolute atomic E-state index is 10.4. The number of rotatable bonds is 0. The Balaban J connectivity index is 2.46. The third-order valence-electron chi connectivity index (χ3n) is 1.78. The van der Waals surface area contributed by atoms with E-state index in [1.807, 2.05) is 0 Å². The molecule has 0 aliphatic carbocycles. The first kappa shape index (κ1) is 8.62. The van der Waals surface area contributed by atoms with E-state index < -0.39 is 17.6 Å². The van der Waals surface area contributed by atoms with Gasteiger partial charge in [0.15, 0.2) is 0 Å². The molecule has 2 N–H and O–H groups in total. The number of carboxylic acid groups (broad SMARTS) is 1. The van der Waals surface area contributed by atoms with Gasteiger partial charge in [0.2, 0.25) is 0 Å². The van der Waals surface area contributed by atoms with E-state index >= 15 is 0 Å². The van der Waals surface area contributed by atoms with Gasteiger partial charge in [0.1, 0.15) is 0 Å². The van der Waals surface area contributed by atoms with Gasteiger partial charge < -0.3 is 15.1 Å². The molecular weight excluding hydrogens is 170 g/mol. The molecular formula is C6H10ClNO3. The van der Waals surface area contributed by atoms with E-state index in [1.165, 1.54) is 4.90 Å². The van der Waals surface area contributed by atoms with Crippen LogP contribution >= 0.6 is 11.6 Å². The van der Waals surface area contributed by atoms with Crippen LogP contribution in [0.15, 0.2) is 0 Å². The summed E-state index contributed by atoms with van der Waals surface area (Å²) in [5.74, 6) is 0. The molecule has 0 aromatic carbocycles. The van der Waals surface area contributed by atoms with Crippen molar-refractivity contribution in [3.63, 3.8) is 0 Å². The molecule has 1 rings (SSSR count). The number of alkyl halides is 1. The molecule has 1 aliphatic rings. The predicted octanol–water partition coefficient (Wildman–Crippen LogP) is 0.338. The topological polar surface area (TPSA) is 60.8 Å². The number of nitrogens with zero attached hydrogens (tertiary/aromatic N) is 1. The summed E-state index contributed by atoms with van der Waals surface area (Å²) in [6.07, 6.45) is -1.10. The quantitative estimate of drug-likeness (QED) is 0.527. The SMILES string of the molecule is O=C(O)N1CCC(O)C(Cl)C1. The second kappa shape index (κ2) is 3.28. The van der Waals surface area contributed by atoms with Crippen molar-refractivity contribution in [1.82, 2.24) is 4.90 Å². The molecule has 0 aromatic rings. The van der Waals surface area contributed by atoms with Crippen LogP contribution in [0.1, 0.15) is 6.42 Å². The molecule has 1 heterocycles. The molecule has 0 saturated carbocycles. The van der Waals surface area contributed by atoms with Gasteiger partial charge in [-0.1, -0.05) is 0 Å². The molecule has 4 nitrogen and oxygen atoms in total.